The molecule has 1 fully saturated rings. The maximum Gasteiger partial charge on any atom is 0.122 e. The van der Waals surface area contributed by atoms with Crippen LogP contribution in [-0.2, 0) is 0 Å². The fourth-order valence-electron chi connectivity index (χ4n) is 2.36. The van der Waals surface area contributed by atoms with Gasteiger partial charge in [-0.3, -0.25) is 4.98 Å². The molecule has 0 unspecified atom stereocenters. The molecule has 82 valence electrons. The molecule has 0 saturated carbocycles. The summed E-state index contributed by atoms with van der Waals surface area (Å²) in [6.07, 6.45) is 4.02. The Morgan fingerprint density at radius 1 is 1.38 bits per heavy atom. The first-order valence-electron chi connectivity index (χ1n) is 5.65. The molecule has 0 spiro atoms. The number of benzene rings is 1. The highest BCUT2D eigenvalue weighted by atomic mass is 16.3. The number of nitrogens with zero attached hydrogens (tertiary/aromatic N) is 1. The van der Waals surface area contributed by atoms with Crippen molar-refractivity contribution in [1.29, 1.82) is 0 Å². The number of hydrogen-bond donors (Lipinski definition) is 2. The van der Waals surface area contributed by atoms with E-state index in [4.69, 9.17) is 0 Å². The van der Waals surface area contributed by atoms with Crippen molar-refractivity contribution in [3.05, 3.63) is 36.0 Å². The number of phenolic OH excluding ortho intramolecular Hbond substituents is 1. The van der Waals surface area contributed by atoms with Gasteiger partial charge in [0.2, 0.25) is 0 Å². The molecule has 1 aromatic carbocycles. The maximum absolute atomic E-state index is 9.99. The van der Waals surface area contributed by atoms with Gasteiger partial charge >= 0.3 is 0 Å². The van der Waals surface area contributed by atoms with Crippen molar-refractivity contribution in [1.82, 2.24) is 10.3 Å². The van der Waals surface area contributed by atoms with E-state index in [9.17, 15) is 5.11 Å². The molecule has 3 rings (SSSR count). The van der Waals surface area contributed by atoms with Crippen LogP contribution in [0.25, 0.3) is 10.9 Å². The first-order chi connectivity index (χ1) is 7.84. The Balaban J connectivity index is 2.13. The molecule has 0 bridgehead atoms. The Morgan fingerprint density at radius 3 is 3.12 bits per heavy atom. The van der Waals surface area contributed by atoms with Crippen molar-refractivity contribution in [3.63, 3.8) is 0 Å². The number of aromatic hydroxyl groups is 1. The third-order valence-electron chi connectivity index (χ3n) is 3.19. The molecule has 2 aromatic rings. The fraction of sp³-hybridized carbons (Fsp3) is 0.308. The predicted molar refractivity (Wildman–Crippen MR) is 63.4 cm³/mol. The van der Waals surface area contributed by atoms with E-state index in [1.165, 1.54) is 6.42 Å². The number of aromatic nitrogens is 1. The fourth-order valence-corrected chi connectivity index (χ4v) is 2.36. The number of phenols is 1. The molecule has 1 atom stereocenters. The first-order valence-corrected chi connectivity index (χ1v) is 5.65. The monoisotopic (exact) mass is 214 g/mol. The van der Waals surface area contributed by atoms with E-state index in [2.05, 4.69) is 10.3 Å². The van der Waals surface area contributed by atoms with Crippen LogP contribution in [0.5, 0.6) is 5.75 Å². The second-order valence-electron chi connectivity index (χ2n) is 4.26. The van der Waals surface area contributed by atoms with Gasteiger partial charge in [-0.1, -0.05) is 6.07 Å². The van der Waals surface area contributed by atoms with Crippen LogP contribution < -0.4 is 5.32 Å². The van der Waals surface area contributed by atoms with Gasteiger partial charge in [-0.05, 0) is 31.5 Å². The average Bonchev–Trinajstić information content (AvgIpc) is 2.81. The van der Waals surface area contributed by atoms with Crippen molar-refractivity contribution < 1.29 is 5.11 Å². The molecular formula is C13H14N2O. The van der Waals surface area contributed by atoms with Gasteiger partial charge in [-0.25, -0.2) is 0 Å². The Labute approximate surface area is 94.1 Å². The average molecular weight is 214 g/mol. The summed E-state index contributed by atoms with van der Waals surface area (Å²) >= 11 is 0. The van der Waals surface area contributed by atoms with Gasteiger partial charge in [-0.15, -0.1) is 0 Å². The van der Waals surface area contributed by atoms with Crippen LogP contribution in [0.4, 0.5) is 0 Å². The number of fused-ring (bicyclic) bond motifs is 1. The minimum Gasteiger partial charge on any atom is -0.508 e. The second kappa shape index (κ2) is 3.76. The van der Waals surface area contributed by atoms with Gasteiger partial charge < -0.3 is 10.4 Å². The van der Waals surface area contributed by atoms with Crippen LogP contribution in [0.3, 0.4) is 0 Å². The Hall–Kier alpha value is -1.61. The van der Waals surface area contributed by atoms with E-state index in [-0.39, 0.29) is 0 Å². The van der Waals surface area contributed by atoms with Crippen molar-refractivity contribution in [3.8, 4) is 5.75 Å². The topological polar surface area (TPSA) is 45.2 Å². The lowest BCUT2D eigenvalue weighted by atomic mass is 10.0. The molecule has 3 heteroatoms. The summed E-state index contributed by atoms with van der Waals surface area (Å²) in [6.45, 7) is 1.04. The minimum absolute atomic E-state index is 0.296. The summed E-state index contributed by atoms with van der Waals surface area (Å²) in [5.41, 5.74) is 1.85. The third-order valence-corrected chi connectivity index (χ3v) is 3.19. The molecule has 2 N–H and O–H groups in total. The molecule has 1 aliphatic heterocycles. The van der Waals surface area contributed by atoms with Gasteiger partial charge in [0.25, 0.3) is 0 Å². The first kappa shape index (κ1) is 9.60. The van der Waals surface area contributed by atoms with E-state index in [1.54, 1.807) is 12.3 Å². The van der Waals surface area contributed by atoms with Crippen LogP contribution in [0.1, 0.15) is 24.4 Å². The zero-order valence-corrected chi connectivity index (χ0v) is 8.98. The molecule has 0 amide bonds. The summed E-state index contributed by atoms with van der Waals surface area (Å²) in [4.78, 5) is 4.23. The molecule has 1 saturated heterocycles. The third kappa shape index (κ3) is 1.53. The van der Waals surface area contributed by atoms with E-state index < -0.39 is 0 Å². The van der Waals surface area contributed by atoms with E-state index in [0.29, 0.717) is 11.8 Å². The maximum atomic E-state index is 9.99. The van der Waals surface area contributed by atoms with Gasteiger partial charge in [-0.2, -0.15) is 0 Å². The number of hydrogen-bond acceptors (Lipinski definition) is 3. The standard InChI is InChI=1S/C13H14N2O/c16-13-8-12-9(3-1-5-15-12)7-10(13)11-4-2-6-14-11/h1,3,5,7-8,11,14,16H,2,4,6H2/t11-/m0/s1. The van der Waals surface area contributed by atoms with Gasteiger partial charge in [0.1, 0.15) is 5.75 Å². The summed E-state index contributed by atoms with van der Waals surface area (Å²) in [6, 6.07) is 8.04. The largest absolute Gasteiger partial charge is 0.508 e. The van der Waals surface area contributed by atoms with Crippen molar-refractivity contribution in [2.45, 2.75) is 18.9 Å². The molecular weight excluding hydrogens is 200 g/mol. The van der Waals surface area contributed by atoms with Gasteiger partial charge in [0, 0.05) is 29.3 Å². The molecule has 1 aliphatic rings. The van der Waals surface area contributed by atoms with Crippen molar-refractivity contribution >= 4 is 10.9 Å². The number of rotatable bonds is 1. The number of nitrogens with one attached hydrogen (secondary N) is 1. The summed E-state index contributed by atoms with van der Waals surface area (Å²) in [7, 11) is 0. The quantitative estimate of drug-likeness (QED) is 0.766. The van der Waals surface area contributed by atoms with Crippen LogP contribution in [0.2, 0.25) is 0 Å². The Bertz CT molecular complexity index is 518. The second-order valence-corrected chi connectivity index (χ2v) is 4.26. The lowest BCUT2D eigenvalue weighted by molar-refractivity contribution is 0.458. The lowest BCUT2D eigenvalue weighted by Gasteiger charge is -2.13. The van der Waals surface area contributed by atoms with Crippen molar-refractivity contribution in [2.24, 2.45) is 0 Å². The van der Waals surface area contributed by atoms with E-state index in [1.807, 2.05) is 18.2 Å². The Morgan fingerprint density at radius 2 is 2.31 bits per heavy atom. The number of pyridine rings is 1. The molecule has 16 heavy (non-hydrogen) atoms. The van der Waals surface area contributed by atoms with Crippen LogP contribution in [0, 0.1) is 0 Å². The molecule has 0 radical (unpaired) electrons. The normalized spacial score (nSPS) is 20.4. The summed E-state index contributed by atoms with van der Waals surface area (Å²) in [5, 5.41) is 14.5. The highest BCUT2D eigenvalue weighted by Gasteiger charge is 2.19. The molecule has 0 aliphatic carbocycles. The van der Waals surface area contributed by atoms with E-state index >= 15 is 0 Å². The SMILES string of the molecule is Oc1cc2ncccc2cc1[C@@H]1CCCN1. The summed E-state index contributed by atoms with van der Waals surface area (Å²) < 4.78 is 0. The van der Waals surface area contributed by atoms with Crippen LogP contribution in [0.15, 0.2) is 30.5 Å². The van der Waals surface area contributed by atoms with Crippen LogP contribution in [-0.4, -0.2) is 16.6 Å². The lowest BCUT2D eigenvalue weighted by Crippen LogP contribution is -2.12. The predicted octanol–water partition coefficient (Wildman–Crippen LogP) is 2.36. The minimum atomic E-state index is 0.296. The Kier molecular flexibility index (Phi) is 2.26. The molecule has 1 aromatic heterocycles. The van der Waals surface area contributed by atoms with Crippen molar-refractivity contribution in [2.75, 3.05) is 6.54 Å². The molecule has 2 heterocycles. The summed E-state index contributed by atoms with van der Waals surface area (Å²) in [5.74, 6) is 0.352. The zero-order valence-electron chi connectivity index (χ0n) is 8.98. The van der Waals surface area contributed by atoms with E-state index in [0.717, 1.165) is 29.4 Å². The zero-order chi connectivity index (χ0) is 11.0. The highest BCUT2D eigenvalue weighted by molar-refractivity contribution is 5.81. The molecule has 3 nitrogen and oxygen atoms in total. The smallest absolute Gasteiger partial charge is 0.122 e. The van der Waals surface area contributed by atoms with Crippen LogP contribution >= 0.6 is 0 Å². The highest BCUT2D eigenvalue weighted by Crippen LogP contribution is 2.32. The van der Waals surface area contributed by atoms with Gasteiger partial charge in [0.05, 0.1) is 5.52 Å². The van der Waals surface area contributed by atoms with Gasteiger partial charge in [0.15, 0.2) is 0 Å².